The van der Waals surface area contributed by atoms with Crippen LogP contribution in [-0.2, 0) is 20.0 Å². The zero-order valence-corrected chi connectivity index (χ0v) is 14.0. The molecule has 0 aliphatic carbocycles. The van der Waals surface area contributed by atoms with Crippen LogP contribution in [0, 0.1) is 0 Å². The summed E-state index contributed by atoms with van der Waals surface area (Å²) in [4.78, 5) is 10.6. The van der Waals surface area contributed by atoms with Gasteiger partial charge in [0.2, 0.25) is 20.0 Å². The first kappa shape index (κ1) is 18.0. The number of carbonyl (C=O) groups is 1. The first-order valence-corrected chi connectivity index (χ1v) is 9.67. The summed E-state index contributed by atoms with van der Waals surface area (Å²) in [6, 6.07) is 3.59. The number of hydrogen-bond donors (Lipinski definition) is 3. The van der Waals surface area contributed by atoms with Gasteiger partial charge in [-0.3, -0.25) is 0 Å². The smallest absolute Gasteiger partial charge is 0.335 e. The minimum Gasteiger partial charge on any atom is -0.478 e. The summed E-state index contributed by atoms with van der Waals surface area (Å²) in [5.41, 5.74) is -0.173. The van der Waals surface area contributed by atoms with E-state index in [2.05, 4.69) is 25.4 Å². The number of carboxylic acid groups (broad SMARTS) is 1. The van der Waals surface area contributed by atoms with Crippen molar-refractivity contribution in [3.8, 4) is 0 Å². The molecule has 0 saturated heterocycles. The van der Waals surface area contributed by atoms with E-state index in [9.17, 15) is 21.6 Å². The number of benzene rings is 1. The topological polar surface area (TPSA) is 130 Å². The van der Waals surface area contributed by atoms with Gasteiger partial charge in [-0.15, -0.1) is 0 Å². The van der Waals surface area contributed by atoms with Crippen molar-refractivity contribution < 1.29 is 26.7 Å². The maximum absolute atomic E-state index is 12.0. The summed E-state index contributed by atoms with van der Waals surface area (Å²) in [7, 11) is -7.36. The average Bonchev–Trinajstić information content (AvgIpc) is 2.33. The second kappa shape index (κ2) is 6.83. The fourth-order valence-electron chi connectivity index (χ4n) is 1.34. The number of rotatable bonds is 7. The molecule has 0 aliphatic rings. The predicted octanol–water partition coefficient (Wildman–Crippen LogP) is -0.0252. The highest BCUT2D eigenvalue weighted by atomic mass is 79.9. The third-order valence-corrected chi connectivity index (χ3v) is 5.43. The third-order valence-electron chi connectivity index (χ3n) is 2.25. The molecular formula is C10H13BrN2O6S2. The lowest BCUT2D eigenvalue weighted by molar-refractivity contribution is 0.0696. The Morgan fingerprint density at radius 2 is 1.76 bits per heavy atom. The van der Waals surface area contributed by atoms with Gasteiger partial charge in [0, 0.05) is 17.6 Å². The van der Waals surface area contributed by atoms with Gasteiger partial charge in [-0.05, 0) is 34.1 Å². The summed E-state index contributed by atoms with van der Waals surface area (Å²) in [5, 5.41) is 8.86. The first-order chi connectivity index (χ1) is 9.53. The van der Waals surface area contributed by atoms with Gasteiger partial charge in [0.1, 0.15) is 0 Å². The Kier molecular flexibility index (Phi) is 5.87. The summed E-state index contributed by atoms with van der Waals surface area (Å²) < 4.78 is 50.3. The molecule has 1 aromatic rings. The molecule has 21 heavy (non-hydrogen) atoms. The van der Waals surface area contributed by atoms with Crippen LogP contribution in [0.15, 0.2) is 27.6 Å². The molecule has 0 bridgehead atoms. The highest BCUT2D eigenvalue weighted by Crippen LogP contribution is 2.23. The predicted molar refractivity (Wildman–Crippen MR) is 79.1 cm³/mol. The van der Waals surface area contributed by atoms with Gasteiger partial charge in [-0.25, -0.2) is 31.1 Å². The summed E-state index contributed by atoms with van der Waals surface area (Å²) in [6.07, 6.45) is 0.953. The quantitative estimate of drug-likeness (QED) is 0.551. The van der Waals surface area contributed by atoms with Gasteiger partial charge in [0.25, 0.3) is 0 Å². The molecule has 0 atom stereocenters. The third kappa shape index (κ3) is 5.71. The standard InChI is InChI=1S/C10H13BrN2O6S2/c1-20(16,17)12-4-5-13-21(18,19)9-6-7(10(14)15)2-3-8(9)11/h2-3,6,12-13H,4-5H2,1H3,(H,14,15). The van der Waals surface area contributed by atoms with Crippen molar-refractivity contribution >= 4 is 41.9 Å². The highest BCUT2D eigenvalue weighted by Gasteiger charge is 2.19. The number of carboxylic acids is 1. The minimum absolute atomic E-state index is 0.117. The van der Waals surface area contributed by atoms with E-state index in [-0.39, 0.29) is 28.0 Å². The van der Waals surface area contributed by atoms with Crippen LogP contribution in [0.1, 0.15) is 10.4 Å². The van der Waals surface area contributed by atoms with Gasteiger partial charge in [-0.1, -0.05) is 0 Å². The number of sulfonamides is 2. The molecular weight excluding hydrogens is 388 g/mol. The lowest BCUT2D eigenvalue weighted by Gasteiger charge is -2.09. The van der Waals surface area contributed by atoms with Crippen molar-refractivity contribution in [3.63, 3.8) is 0 Å². The van der Waals surface area contributed by atoms with E-state index in [1.54, 1.807) is 0 Å². The van der Waals surface area contributed by atoms with E-state index in [4.69, 9.17) is 5.11 Å². The second-order valence-electron chi connectivity index (χ2n) is 4.01. The van der Waals surface area contributed by atoms with Crippen molar-refractivity contribution in [2.24, 2.45) is 0 Å². The van der Waals surface area contributed by atoms with E-state index < -0.39 is 26.0 Å². The Labute approximate surface area is 130 Å². The van der Waals surface area contributed by atoms with Gasteiger partial charge in [-0.2, -0.15) is 0 Å². The molecule has 11 heteroatoms. The van der Waals surface area contributed by atoms with Crippen molar-refractivity contribution in [2.75, 3.05) is 19.3 Å². The van der Waals surface area contributed by atoms with E-state index in [0.29, 0.717) is 0 Å². The fraction of sp³-hybridized carbons (Fsp3) is 0.300. The number of nitrogens with one attached hydrogen (secondary N) is 2. The summed E-state index contributed by atoms with van der Waals surface area (Å²) >= 11 is 3.03. The van der Waals surface area contributed by atoms with Gasteiger partial charge >= 0.3 is 5.97 Å². The van der Waals surface area contributed by atoms with Crippen LogP contribution in [0.4, 0.5) is 0 Å². The van der Waals surface area contributed by atoms with Crippen molar-refractivity contribution in [1.29, 1.82) is 0 Å². The van der Waals surface area contributed by atoms with E-state index in [0.717, 1.165) is 12.3 Å². The average molecular weight is 401 g/mol. The Bertz CT molecular complexity index is 745. The van der Waals surface area contributed by atoms with Crippen LogP contribution in [0.25, 0.3) is 0 Å². The Morgan fingerprint density at radius 3 is 2.29 bits per heavy atom. The molecule has 0 unspecified atom stereocenters. The van der Waals surface area contributed by atoms with E-state index in [1.165, 1.54) is 12.1 Å². The molecule has 3 N–H and O–H groups in total. The highest BCUT2D eigenvalue weighted by molar-refractivity contribution is 9.10. The van der Waals surface area contributed by atoms with E-state index >= 15 is 0 Å². The minimum atomic E-state index is -3.96. The Hall–Kier alpha value is -1.01. The molecule has 0 fully saturated rings. The molecule has 1 rings (SSSR count). The van der Waals surface area contributed by atoms with Gasteiger partial charge in [0.15, 0.2) is 0 Å². The second-order valence-corrected chi connectivity index (χ2v) is 8.44. The first-order valence-electron chi connectivity index (χ1n) is 5.50. The van der Waals surface area contributed by atoms with Crippen molar-refractivity contribution in [2.45, 2.75) is 4.90 Å². The molecule has 0 saturated carbocycles. The SMILES string of the molecule is CS(=O)(=O)NCCNS(=O)(=O)c1cc(C(=O)O)ccc1Br. The zero-order chi connectivity index (χ0) is 16.3. The van der Waals surface area contributed by atoms with Crippen LogP contribution in [0.5, 0.6) is 0 Å². The largest absolute Gasteiger partial charge is 0.478 e. The number of hydrogen-bond acceptors (Lipinski definition) is 5. The van der Waals surface area contributed by atoms with Crippen LogP contribution in [-0.4, -0.2) is 47.3 Å². The van der Waals surface area contributed by atoms with Gasteiger partial charge in [0.05, 0.1) is 16.7 Å². The lowest BCUT2D eigenvalue weighted by atomic mass is 10.2. The Morgan fingerprint density at radius 1 is 1.19 bits per heavy atom. The molecule has 8 nitrogen and oxygen atoms in total. The molecule has 0 spiro atoms. The van der Waals surface area contributed by atoms with Crippen LogP contribution in [0.3, 0.4) is 0 Å². The normalized spacial score (nSPS) is 12.3. The maximum Gasteiger partial charge on any atom is 0.335 e. The molecule has 1 aromatic carbocycles. The zero-order valence-electron chi connectivity index (χ0n) is 10.8. The lowest BCUT2D eigenvalue weighted by Crippen LogP contribution is -2.34. The summed E-state index contributed by atoms with van der Waals surface area (Å²) in [5.74, 6) is -1.25. The maximum atomic E-state index is 12.0. The van der Waals surface area contributed by atoms with Gasteiger partial charge < -0.3 is 5.11 Å². The summed E-state index contributed by atoms with van der Waals surface area (Å²) in [6.45, 7) is -0.284. The monoisotopic (exact) mass is 400 g/mol. The molecule has 0 aromatic heterocycles. The van der Waals surface area contributed by atoms with Crippen LogP contribution in [0.2, 0.25) is 0 Å². The van der Waals surface area contributed by atoms with Crippen LogP contribution < -0.4 is 9.44 Å². The Balaban J connectivity index is 2.88. The van der Waals surface area contributed by atoms with Crippen molar-refractivity contribution in [3.05, 3.63) is 28.2 Å². The number of aromatic carboxylic acids is 1. The molecule has 0 amide bonds. The fourth-order valence-corrected chi connectivity index (χ4v) is 3.83. The molecule has 118 valence electrons. The number of halogens is 1. The van der Waals surface area contributed by atoms with E-state index in [1.807, 2.05) is 0 Å². The van der Waals surface area contributed by atoms with Crippen molar-refractivity contribution in [1.82, 2.24) is 9.44 Å². The molecule has 0 radical (unpaired) electrons. The molecule has 0 aliphatic heterocycles. The van der Waals surface area contributed by atoms with Crippen LogP contribution >= 0.6 is 15.9 Å². The molecule has 0 heterocycles.